The Morgan fingerprint density at radius 2 is 2.50 bits per heavy atom. The Morgan fingerprint density at radius 3 is 3.00 bits per heavy atom. The molecule has 18 heavy (non-hydrogen) atoms. The van der Waals surface area contributed by atoms with E-state index in [0.717, 1.165) is 0 Å². The molecule has 0 radical (unpaired) electrons. The number of aromatic amines is 1. The Balaban J connectivity index is 2.32. The van der Waals surface area contributed by atoms with Gasteiger partial charge in [-0.2, -0.15) is 0 Å². The van der Waals surface area contributed by atoms with Crippen molar-refractivity contribution in [2.45, 2.75) is 24.3 Å². The van der Waals surface area contributed by atoms with Crippen molar-refractivity contribution in [1.29, 1.82) is 0 Å². The molecule has 1 aromatic heterocycles. The fraction of sp³-hybridized carbons (Fsp3) is 0.600. The van der Waals surface area contributed by atoms with Crippen LogP contribution in [0.5, 0.6) is 0 Å². The van der Waals surface area contributed by atoms with Crippen LogP contribution in [0, 0.1) is 0 Å². The average Bonchev–Trinajstić information content (AvgIpc) is 2.67. The van der Waals surface area contributed by atoms with Crippen LogP contribution >= 0.6 is 11.6 Å². The van der Waals surface area contributed by atoms with Gasteiger partial charge in [-0.3, -0.25) is 4.98 Å². The van der Waals surface area contributed by atoms with E-state index in [1.54, 1.807) is 0 Å². The summed E-state index contributed by atoms with van der Waals surface area (Å²) in [6, 6.07) is 0. The highest BCUT2D eigenvalue weighted by Crippen LogP contribution is 2.42. The zero-order chi connectivity index (χ0) is 13.3. The highest BCUT2D eigenvalue weighted by Gasteiger charge is 2.47. The Kier molecular flexibility index (Phi) is 3.56. The number of nitrogens with one attached hydrogen (secondary N) is 1. The molecule has 1 aliphatic rings. The van der Waals surface area contributed by atoms with Crippen LogP contribution < -0.4 is 11.4 Å². The first-order valence-electron chi connectivity index (χ1n) is 5.35. The van der Waals surface area contributed by atoms with Gasteiger partial charge in [0.2, 0.25) is 0 Å². The number of nitrogen functional groups attached to an aromatic ring is 1. The summed E-state index contributed by atoms with van der Waals surface area (Å²) in [5, 5.41) is 9.23. The summed E-state index contributed by atoms with van der Waals surface area (Å²) in [4.78, 5) is 16.7. The third-order valence-corrected chi connectivity index (χ3v) is 3.47. The van der Waals surface area contributed by atoms with E-state index in [-0.39, 0.29) is 30.3 Å². The topological polar surface area (TPSA) is 101 Å². The number of ether oxygens (including phenoxy) is 1. The summed E-state index contributed by atoms with van der Waals surface area (Å²) in [7, 11) is 0. The van der Waals surface area contributed by atoms with Crippen LogP contribution in [0.2, 0.25) is 0 Å². The molecule has 0 saturated carbocycles. The third-order valence-electron chi connectivity index (χ3n) is 2.98. The van der Waals surface area contributed by atoms with E-state index in [1.807, 2.05) is 0 Å². The molecule has 0 amide bonds. The van der Waals surface area contributed by atoms with E-state index in [2.05, 4.69) is 9.97 Å². The normalized spacial score (nSPS) is 31.7. The van der Waals surface area contributed by atoms with Crippen LogP contribution in [0.3, 0.4) is 0 Å². The van der Waals surface area contributed by atoms with Crippen molar-refractivity contribution in [3.05, 3.63) is 22.2 Å². The van der Waals surface area contributed by atoms with Gasteiger partial charge in [0.25, 0.3) is 0 Å². The van der Waals surface area contributed by atoms with E-state index in [1.165, 1.54) is 6.20 Å². The Labute approximate surface area is 107 Å². The summed E-state index contributed by atoms with van der Waals surface area (Å²) in [6.45, 7) is -0.385. The van der Waals surface area contributed by atoms with E-state index < -0.39 is 23.6 Å². The molecule has 1 saturated heterocycles. The van der Waals surface area contributed by atoms with Crippen molar-refractivity contribution in [3.63, 3.8) is 0 Å². The minimum atomic E-state index is -1.37. The molecule has 0 bridgehead atoms. The number of halogens is 2. The Hall–Kier alpha value is -1.18. The maximum atomic E-state index is 14.0. The number of aliphatic hydroxyl groups is 1. The number of rotatable bonds is 3. The molecule has 6 nitrogen and oxygen atoms in total. The summed E-state index contributed by atoms with van der Waals surface area (Å²) >= 11 is 5.69. The van der Waals surface area contributed by atoms with Crippen LogP contribution in [-0.2, 0) is 4.74 Å². The van der Waals surface area contributed by atoms with Gasteiger partial charge in [-0.05, 0) is 0 Å². The summed E-state index contributed by atoms with van der Waals surface area (Å²) in [5.74, 6) is -0.0251. The van der Waals surface area contributed by atoms with E-state index in [0.29, 0.717) is 0 Å². The molecular formula is C10H13ClFN3O3. The van der Waals surface area contributed by atoms with Gasteiger partial charge in [-0.15, -0.1) is 11.6 Å². The van der Waals surface area contributed by atoms with E-state index >= 15 is 0 Å². The molecule has 1 aliphatic heterocycles. The molecule has 2 heterocycles. The minimum Gasteiger partial charge on any atom is -0.393 e. The SMILES string of the molecule is Nc1[nH]c(=O)ncc1[C@H]1O[C@](CO)(CCl)C[C@H]1F. The number of nitrogens with zero attached hydrogens (tertiary/aromatic N) is 1. The minimum absolute atomic E-state index is 0.00552. The molecule has 0 aliphatic carbocycles. The Bertz CT molecular complexity index is 492. The highest BCUT2D eigenvalue weighted by atomic mass is 35.5. The lowest BCUT2D eigenvalue weighted by molar-refractivity contribution is -0.0636. The first-order chi connectivity index (χ1) is 8.51. The lowest BCUT2D eigenvalue weighted by Crippen LogP contribution is -2.35. The first kappa shape index (κ1) is 13.3. The molecule has 3 atom stereocenters. The van der Waals surface area contributed by atoms with Crippen molar-refractivity contribution >= 4 is 17.4 Å². The van der Waals surface area contributed by atoms with E-state index in [4.69, 9.17) is 22.1 Å². The number of H-pyrrole nitrogens is 1. The highest BCUT2D eigenvalue weighted by molar-refractivity contribution is 6.18. The molecule has 1 aromatic rings. The molecular weight excluding hydrogens is 265 g/mol. The van der Waals surface area contributed by atoms with Gasteiger partial charge in [-0.25, -0.2) is 14.2 Å². The summed E-state index contributed by atoms with van der Waals surface area (Å²) in [6.07, 6.45) is -1.21. The second-order valence-electron chi connectivity index (χ2n) is 4.29. The lowest BCUT2D eigenvalue weighted by Gasteiger charge is -2.24. The maximum Gasteiger partial charge on any atom is 0.346 e. The number of anilines is 1. The molecule has 4 N–H and O–H groups in total. The van der Waals surface area contributed by atoms with Crippen molar-refractivity contribution in [2.75, 3.05) is 18.2 Å². The summed E-state index contributed by atoms with van der Waals surface area (Å²) in [5.41, 5.74) is 4.12. The number of aliphatic hydroxyl groups excluding tert-OH is 1. The maximum absolute atomic E-state index is 14.0. The second kappa shape index (κ2) is 4.83. The number of alkyl halides is 2. The molecule has 1 fully saturated rings. The van der Waals surface area contributed by atoms with Gasteiger partial charge in [0, 0.05) is 18.2 Å². The fourth-order valence-electron chi connectivity index (χ4n) is 1.99. The van der Waals surface area contributed by atoms with Crippen molar-refractivity contribution in [3.8, 4) is 0 Å². The van der Waals surface area contributed by atoms with Crippen LogP contribution in [0.4, 0.5) is 10.2 Å². The van der Waals surface area contributed by atoms with E-state index in [9.17, 15) is 14.3 Å². The van der Waals surface area contributed by atoms with Crippen LogP contribution in [-0.4, -0.2) is 39.3 Å². The molecule has 0 spiro atoms. The standard InChI is InChI=1S/C10H13ClFN3O3/c11-3-10(4-16)1-6(12)7(18-10)5-2-14-9(17)15-8(5)13/h2,6-7,16H,1,3-4H2,(H3,13,14,15,17)/t6-,7-,10+/m1/s1. The van der Waals surface area contributed by atoms with Crippen LogP contribution in [0.1, 0.15) is 18.1 Å². The van der Waals surface area contributed by atoms with Gasteiger partial charge in [0.05, 0.1) is 12.5 Å². The number of hydrogen-bond acceptors (Lipinski definition) is 5. The monoisotopic (exact) mass is 277 g/mol. The largest absolute Gasteiger partial charge is 0.393 e. The quantitative estimate of drug-likeness (QED) is 0.681. The van der Waals surface area contributed by atoms with Gasteiger partial charge >= 0.3 is 5.69 Å². The smallest absolute Gasteiger partial charge is 0.346 e. The fourth-order valence-corrected chi connectivity index (χ4v) is 2.24. The van der Waals surface area contributed by atoms with Gasteiger partial charge in [-0.1, -0.05) is 0 Å². The van der Waals surface area contributed by atoms with Crippen LogP contribution in [0.25, 0.3) is 0 Å². The first-order valence-corrected chi connectivity index (χ1v) is 5.88. The second-order valence-corrected chi connectivity index (χ2v) is 4.56. The zero-order valence-electron chi connectivity index (χ0n) is 9.40. The molecule has 0 aromatic carbocycles. The van der Waals surface area contributed by atoms with Gasteiger partial charge in [0.1, 0.15) is 23.7 Å². The van der Waals surface area contributed by atoms with Crippen molar-refractivity contribution in [1.82, 2.24) is 9.97 Å². The molecule has 8 heteroatoms. The third kappa shape index (κ3) is 2.21. The number of hydrogen-bond donors (Lipinski definition) is 3. The summed E-state index contributed by atoms with van der Waals surface area (Å²) < 4.78 is 19.4. The molecule has 0 unspecified atom stereocenters. The van der Waals surface area contributed by atoms with Crippen LogP contribution in [0.15, 0.2) is 11.0 Å². The number of nitrogens with two attached hydrogens (primary N) is 1. The van der Waals surface area contributed by atoms with Gasteiger partial charge in [0.15, 0.2) is 0 Å². The van der Waals surface area contributed by atoms with Gasteiger partial charge < -0.3 is 15.6 Å². The lowest BCUT2D eigenvalue weighted by atomic mass is 10.0. The number of aromatic nitrogens is 2. The predicted octanol–water partition coefficient (Wildman–Crippen LogP) is 0.121. The average molecular weight is 278 g/mol. The molecule has 100 valence electrons. The predicted molar refractivity (Wildman–Crippen MR) is 63.1 cm³/mol. The molecule has 2 rings (SSSR count). The zero-order valence-corrected chi connectivity index (χ0v) is 10.2. The Morgan fingerprint density at radius 1 is 1.78 bits per heavy atom. The van der Waals surface area contributed by atoms with Crippen molar-refractivity contribution in [2.24, 2.45) is 0 Å². The van der Waals surface area contributed by atoms with Crippen molar-refractivity contribution < 1.29 is 14.2 Å².